The molecule has 0 amide bonds. The second kappa shape index (κ2) is 5.29. The molecule has 0 spiro atoms. The van der Waals surface area contributed by atoms with Crippen molar-refractivity contribution >= 4 is 5.71 Å². The van der Waals surface area contributed by atoms with E-state index in [4.69, 9.17) is 0 Å². The minimum Gasteiger partial charge on any atom is -0.289 e. The lowest BCUT2D eigenvalue weighted by atomic mass is 10.3. The molecule has 0 aliphatic heterocycles. The quantitative estimate of drug-likeness (QED) is 0.499. The van der Waals surface area contributed by atoms with Gasteiger partial charge in [-0.3, -0.25) is 4.99 Å². The molecule has 0 aliphatic carbocycles. The lowest BCUT2D eigenvalue weighted by molar-refractivity contribution is 1.45. The van der Waals surface area contributed by atoms with Gasteiger partial charge in [0.1, 0.15) is 0 Å². The van der Waals surface area contributed by atoms with Gasteiger partial charge in [-0.2, -0.15) is 0 Å². The van der Waals surface area contributed by atoms with Crippen molar-refractivity contribution in [1.29, 1.82) is 0 Å². The van der Waals surface area contributed by atoms with Crippen LogP contribution < -0.4 is 0 Å². The summed E-state index contributed by atoms with van der Waals surface area (Å²) in [6, 6.07) is 0. The SMILES string of the molecule is C/C=C\C(/C=C\C)=NC. The van der Waals surface area contributed by atoms with Gasteiger partial charge >= 0.3 is 0 Å². The highest BCUT2D eigenvalue weighted by molar-refractivity contribution is 6.03. The van der Waals surface area contributed by atoms with Crippen LogP contribution in [0.3, 0.4) is 0 Å². The largest absolute Gasteiger partial charge is 0.289 e. The van der Waals surface area contributed by atoms with Crippen molar-refractivity contribution in [2.24, 2.45) is 4.99 Å². The van der Waals surface area contributed by atoms with Crippen LogP contribution in [0.25, 0.3) is 0 Å². The molecule has 0 aliphatic rings. The molecule has 0 rings (SSSR count). The molecule has 0 fully saturated rings. The van der Waals surface area contributed by atoms with Crippen molar-refractivity contribution in [3.8, 4) is 0 Å². The Morgan fingerprint density at radius 1 is 1.11 bits per heavy atom. The summed E-state index contributed by atoms with van der Waals surface area (Å²) in [5.41, 5.74) is 1.01. The average Bonchev–Trinajstić information content (AvgIpc) is 1.88. The summed E-state index contributed by atoms with van der Waals surface area (Å²) in [6.45, 7) is 3.96. The van der Waals surface area contributed by atoms with Crippen LogP contribution in [0, 0.1) is 0 Å². The smallest absolute Gasteiger partial charge is 0.0564 e. The summed E-state index contributed by atoms with van der Waals surface area (Å²) in [6.07, 6.45) is 7.89. The molecule has 9 heavy (non-hydrogen) atoms. The standard InChI is InChI=1S/C8H13N/c1-4-6-8(9-3)7-5-2/h4-7H,1-3H3/b6-4-,7-5-. The monoisotopic (exact) mass is 123 g/mol. The fourth-order valence-corrected chi connectivity index (χ4v) is 0.546. The first kappa shape index (κ1) is 8.15. The Hall–Kier alpha value is -0.850. The third kappa shape index (κ3) is 3.71. The van der Waals surface area contributed by atoms with Gasteiger partial charge in [0.15, 0.2) is 0 Å². The van der Waals surface area contributed by atoms with Crippen LogP contribution in [-0.2, 0) is 0 Å². The predicted octanol–water partition coefficient (Wildman–Crippen LogP) is 2.21. The molecule has 0 radical (unpaired) electrons. The first-order valence-electron chi connectivity index (χ1n) is 3.07. The van der Waals surface area contributed by atoms with Gasteiger partial charge in [0.2, 0.25) is 0 Å². The van der Waals surface area contributed by atoms with Crippen molar-refractivity contribution < 1.29 is 0 Å². The van der Waals surface area contributed by atoms with Crippen molar-refractivity contribution in [1.82, 2.24) is 0 Å². The minimum absolute atomic E-state index is 1.01. The number of hydrogen-bond acceptors (Lipinski definition) is 1. The maximum Gasteiger partial charge on any atom is 0.0564 e. The van der Waals surface area contributed by atoms with Crippen LogP contribution in [0.15, 0.2) is 29.3 Å². The number of aliphatic imine (C=N–C) groups is 1. The van der Waals surface area contributed by atoms with E-state index in [1.807, 2.05) is 38.2 Å². The number of rotatable bonds is 2. The highest BCUT2D eigenvalue weighted by Gasteiger charge is 1.78. The number of nitrogens with zero attached hydrogens (tertiary/aromatic N) is 1. The molecule has 0 aromatic rings. The van der Waals surface area contributed by atoms with Gasteiger partial charge in [-0.1, -0.05) is 12.2 Å². The minimum atomic E-state index is 1.01. The van der Waals surface area contributed by atoms with Gasteiger partial charge in [-0.05, 0) is 26.0 Å². The van der Waals surface area contributed by atoms with E-state index in [-0.39, 0.29) is 0 Å². The highest BCUT2D eigenvalue weighted by Crippen LogP contribution is 1.83. The van der Waals surface area contributed by atoms with Crippen LogP contribution in [-0.4, -0.2) is 12.8 Å². The predicted molar refractivity (Wildman–Crippen MR) is 43.0 cm³/mol. The van der Waals surface area contributed by atoms with E-state index in [0.29, 0.717) is 0 Å². The maximum absolute atomic E-state index is 4.01. The lowest BCUT2D eigenvalue weighted by Gasteiger charge is -1.85. The molecule has 50 valence electrons. The van der Waals surface area contributed by atoms with E-state index in [1.165, 1.54) is 0 Å². The van der Waals surface area contributed by atoms with Crippen LogP contribution in [0.1, 0.15) is 13.8 Å². The summed E-state index contributed by atoms with van der Waals surface area (Å²) in [5.74, 6) is 0. The van der Waals surface area contributed by atoms with E-state index in [9.17, 15) is 0 Å². The molecule has 0 unspecified atom stereocenters. The number of hydrogen-bond donors (Lipinski definition) is 0. The summed E-state index contributed by atoms with van der Waals surface area (Å²) >= 11 is 0. The van der Waals surface area contributed by atoms with E-state index < -0.39 is 0 Å². The van der Waals surface area contributed by atoms with Gasteiger partial charge in [0, 0.05) is 7.05 Å². The van der Waals surface area contributed by atoms with Crippen molar-refractivity contribution in [2.45, 2.75) is 13.8 Å². The van der Waals surface area contributed by atoms with Crippen LogP contribution in [0.2, 0.25) is 0 Å². The third-order valence-corrected chi connectivity index (χ3v) is 0.933. The van der Waals surface area contributed by atoms with Crippen LogP contribution in [0.4, 0.5) is 0 Å². The Kier molecular flexibility index (Phi) is 4.79. The molecule has 1 heteroatoms. The second-order valence-electron chi connectivity index (χ2n) is 1.65. The Labute approximate surface area is 56.8 Å². The van der Waals surface area contributed by atoms with E-state index in [2.05, 4.69) is 4.99 Å². The summed E-state index contributed by atoms with van der Waals surface area (Å²) < 4.78 is 0. The van der Waals surface area contributed by atoms with E-state index >= 15 is 0 Å². The van der Waals surface area contributed by atoms with Crippen LogP contribution >= 0.6 is 0 Å². The first-order chi connectivity index (χ1) is 4.35. The molecule has 1 nitrogen and oxygen atoms in total. The van der Waals surface area contributed by atoms with Crippen molar-refractivity contribution in [3.05, 3.63) is 24.3 Å². The molecule has 0 saturated carbocycles. The second-order valence-corrected chi connectivity index (χ2v) is 1.65. The van der Waals surface area contributed by atoms with E-state index in [0.717, 1.165) is 5.71 Å². The van der Waals surface area contributed by atoms with Gasteiger partial charge in [0.25, 0.3) is 0 Å². The third-order valence-electron chi connectivity index (χ3n) is 0.933. The van der Waals surface area contributed by atoms with Gasteiger partial charge in [-0.15, -0.1) is 0 Å². The molecular weight excluding hydrogens is 110 g/mol. The molecule has 0 heterocycles. The maximum atomic E-state index is 4.01. The highest BCUT2D eigenvalue weighted by atomic mass is 14.7. The van der Waals surface area contributed by atoms with E-state index in [1.54, 1.807) is 7.05 Å². The summed E-state index contributed by atoms with van der Waals surface area (Å²) in [5, 5.41) is 0. The normalized spacial score (nSPS) is 11.0. The van der Waals surface area contributed by atoms with Crippen molar-refractivity contribution in [2.75, 3.05) is 7.05 Å². The molecule has 0 bridgehead atoms. The van der Waals surface area contributed by atoms with Crippen molar-refractivity contribution in [3.63, 3.8) is 0 Å². The Morgan fingerprint density at radius 2 is 1.56 bits per heavy atom. The molecule has 0 aromatic carbocycles. The lowest BCUT2D eigenvalue weighted by Crippen LogP contribution is -1.84. The first-order valence-corrected chi connectivity index (χ1v) is 3.07. The molecule has 0 aromatic heterocycles. The molecule has 0 atom stereocenters. The zero-order valence-electron chi connectivity index (χ0n) is 6.26. The van der Waals surface area contributed by atoms with Gasteiger partial charge in [-0.25, -0.2) is 0 Å². The molecule has 0 saturated heterocycles. The topological polar surface area (TPSA) is 12.4 Å². The fourth-order valence-electron chi connectivity index (χ4n) is 0.546. The Balaban J connectivity index is 4.01. The molecule has 0 N–H and O–H groups in total. The summed E-state index contributed by atoms with van der Waals surface area (Å²) in [4.78, 5) is 4.01. The number of allylic oxidation sites excluding steroid dienone is 4. The average molecular weight is 123 g/mol. The summed E-state index contributed by atoms with van der Waals surface area (Å²) in [7, 11) is 1.79. The Morgan fingerprint density at radius 3 is 1.78 bits per heavy atom. The zero-order chi connectivity index (χ0) is 7.11. The fraction of sp³-hybridized carbons (Fsp3) is 0.375. The van der Waals surface area contributed by atoms with Crippen LogP contribution in [0.5, 0.6) is 0 Å². The van der Waals surface area contributed by atoms with Gasteiger partial charge < -0.3 is 0 Å². The Bertz CT molecular complexity index is 127. The molecular formula is C8H13N. The zero-order valence-corrected chi connectivity index (χ0v) is 6.26. The van der Waals surface area contributed by atoms with Gasteiger partial charge in [0.05, 0.1) is 5.71 Å².